The molecule has 2 aromatic carbocycles. The van der Waals surface area contributed by atoms with E-state index in [0.717, 1.165) is 12.8 Å². The molecule has 4 N–H and O–H groups in total. The molecule has 36 heavy (non-hydrogen) atoms. The van der Waals surface area contributed by atoms with Crippen LogP contribution in [0.2, 0.25) is 5.02 Å². The van der Waals surface area contributed by atoms with Crippen LogP contribution in [-0.2, 0) is 11.1 Å². The molecule has 4 rings (SSSR count). The standard InChI is InChI=1S/C28H30ClFN2O4/c1-27(2,31)18-14-22(16-4-8-21(30)20(29)12-16)32-26(15-18)28(3,35)11-10-23(33)17-5-9-25(24(34)13-17)36-19-6-7-19/h4-5,8-9,12-15,19,34-35H,6-7,10-11,31H2,1-3H3. The van der Waals surface area contributed by atoms with E-state index in [2.05, 4.69) is 4.98 Å². The van der Waals surface area contributed by atoms with Crippen LogP contribution in [0.4, 0.5) is 4.39 Å². The minimum Gasteiger partial charge on any atom is -0.504 e. The molecule has 3 aromatic rings. The molecule has 1 aliphatic rings. The van der Waals surface area contributed by atoms with E-state index in [1.165, 1.54) is 18.2 Å². The number of hydrogen-bond acceptors (Lipinski definition) is 6. The van der Waals surface area contributed by atoms with Gasteiger partial charge in [-0.05, 0) is 94.1 Å². The minimum atomic E-state index is -1.47. The number of carbonyl (C=O) groups excluding carboxylic acids is 1. The van der Waals surface area contributed by atoms with Crippen molar-refractivity contribution in [2.45, 2.75) is 63.7 Å². The highest BCUT2D eigenvalue weighted by molar-refractivity contribution is 6.31. The van der Waals surface area contributed by atoms with E-state index in [0.29, 0.717) is 33.8 Å². The number of halogens is 2. The van der Waals surface area contributed by atoms with Gasteiger partial charge in [0.1, 0.15) is 11.4 Å². The van der Waals surface area contributed by atoms with Crippen LogP contribution in [-0.4, -0.2) is 27.1 Å². The van der Waals surface area contributed by atoms with Crippen LogP contribution in [0.3, 0.4) is 0 Å². The molecular formula is C28H30ClFN2O4. The lowest BCUT2D eigenvalue weighted by Gasteiger charge is -2.27. The van der Waals surface area contributed by atoms with Gasteiger partial charge in [-0.25, -0.2) is 9.37 Å². The van der Waals surface area contributed by atoms with Gasteiger partial charge < -0.3 is 20.7 Å². The molecule has 0 radical (unpaired) electrons. The van der Waals surface area contributed by atoms with Crippen molar-refractivity contribution in [1.29, 1.82) is 0 Å². The van der Waals surface area contributed by atoms with Gasteiger partial charge in [-0.3, -0.25) is 4.79 Å². The van der Waals surface area contributed by atoms with Gasteiger partial charge in [0, 0.05) is 23.1 Å². The number of Topliss-reactive ketones (excluding diaryl/α,β-unsaturated/α-hetero) is 1. The Hall–Kier alpha value is -3.00. The highest BCUT2D eigenvalue weighted by atomic mass is 35.5. The number of ether oxygens (including phenoxy) is 1. The molecular weight excluding hydrogens is 483 g/mol. The molecule has 0 saturated heterocycles. The first kappa shape index (κ1) is 26.1. The number of phenols is 1. The first-order valence-electron chi connectivity index (χ1n) is 11.9. The van der Waals surface area contributed by atoms with E-state index in [1.807, 2.05) is 13.8 Å². The Morgan fingerprint density at radius 2 is 1.89 bits per heavy atom. The zero-order chi connectivity index (χ0) is 26.3. The number of aliphatic hydroxyl groups is 1. The molecule has 1 heterocycles. The molecule has 0 aliphatic heterocycles. The number of carbonyl (C=O) groups is 1. The van der Waals surface area contributed by atoms with Crippen molar-refractivity contribution in [3.05, 3.63) is 76.2 Å². The quantitative estimate of drug-likeness (QED) is 0.310. The third-order valence-electron chi connectivity index (χ3n) is 6.27. The number of ketones is 1. The number of nitrogens with two attached hydrogens (primary N) is 1. The van der Waals surface area contributed by atoms with Crippen molar-refractivity contribution in [2.24, 2.45) is 5.73 Å². The van der Waals surface area contributed by atoms with Crippen LogP contribution in [0.5, 0.6) is 11.5 Å². The average Bonchev–Trinajstić information content (AvgIpc) is 3.64. The predicted molar refractivity (Wildman–Crippen MR) is 137 cm³/mol. The highest BCUT2D eigenvalue weighted by Crippen LogP contribution is 2.35. The molecule has 8 heteroatoms. The maximum absolute atomic E-state index is 13.7. The maximum Gasteiger partial charge on any atom is 0.163 e. The van der Waals surface area contributed by atoms with E-state index >= 15 is 0 Å². The topological polar surface area (TPSA) is 106 Å². The molecule has 1 aromatic heterocycles. The number of nitrogens with zero attached hydrogens (tertiary/aromatic N) is 1. The van der Waals surface area contributed by atoms with Crippen LogP contribution < -0.4 is 10.5 Å². The normalized spacial score (nSPS) is 15.4. The van der Waals surface area contributed by atoms with Gasteiger partial charge >= 0.3 is 0 Å². The number of pyridine rings is 1. The van der Waals surface area contributed by atoms with Gasteiger partial charge in [-0.15, -0.1) is 0 Å². The molecule has 1 atom stereocenters. The molecule has 1 fully saturated rings. The molecule has 1 saturated carbocycles. The average molecular weight is 513 g/mol. The Morgan fingerprint density at radius 1 is 1.17 bits per heavy atom. The van der Waals surface area contributed by atoms with Crippen molar-refractivity contribution in [1.82, 2.24) is 4.98 Å². The second kappa shape index (κ2) is 9.81. The summed E-state index contributed by atoms with van der Waals surface area (Å²) in [5, 5.41) is 21.5. The Labute approximate surface area is 214 Å². The fraction of sp³-hybridized carbons (Fsp3) is 0.357. The second-order valence-electron chi connectivity index (χ2n) is 10.2. The van der Waals surface area contributed by atoms with Crippen molar-refractivity contribution >= 4 is 17.4 Å². The monoisotopic (exact) mass is 512 g/mol. The molecule has 1 unspecified atom stereocenters. The summed E-state index contributed by atoms with van der Waals surface area (Å²) in [6.45, 7) is 5.24. The van der Waals surface area contributed by atoms with Crippen molar-refractivity contribution in [2.75, 3.05) is 0 Å². The molecule has 6 nitrogen and oxygen atoms in total. The lowest BCUT2D eigenvalue weighted by Crippen LogP contribution is -2.31. The van der Waals surface area contributed by atoms with Gasteiger partial charge in [0.05, 0.1) is 22.5 Å². The third kappa shape index (κ3) is 6.03. The van der Waals surface area contributed by atoms with Gasteiger partial charge in [-0.2, -0.15) is 0 Å². The van der Waals surface area contributed by atoms with Gasteiger partial charge in [-0.1, -0.05) is 11.6 Å². The molecule has 1 aliphatic carbocycles. The number of benzene rings is 2. The van der Waals surface area contributed by atoms with Crippen LogP contribution in [0.1, 0.15) is 68.1 Å². The van der Waals surface area contributed by atoms with E-state index in [-0.39, 0.29) is 35.5 Å². The number of aromatic nitrogens is 1. The van der Waals surface area contributed by atoms with E-state index < -0.39 is 17.0 Å². The second-order valence-corrected chi connectivity index (χ2v) is 10.6. The Balaban J connectivity index is 1.57. The Kier molecular flexibility index (Phi) is 7.10. The number of hydrogen-bond donors (Lipinski definition) is 3. The first-order chi connectivity index (χ1) is 16.8. The summed E-state index contributed by atoms with van der Waals surface area (Å²) in [6, 6.07) is 12.4. The fourth-order valence-electron chi connectivity index (χ4n) is 3.77. The maximum atomic E-state index is 13.7. The largest absolute Gasteiger partial charge is 0.504 e. The SMILES string of the molecule is CC(C)(N)c1cc(-c2ccc(F)c(Cl)c2)nc(C(C)(O)CCC(=O)c2ccc(OC3CC3)c(O)c2)c1. The summed E-state index contributed by atoms with van der Waals surface area (Å²) >= 11 is 5.97. The first-order valence-corrected chi connectivity index (χ1v) is 12.2. The summed E-state index contributed by atoms with van der Waals surface area (Å²) in [4.78, 5) is 17.5. The van der Waals surface area contributed by atoms with Crippen LogP contribution in [0.25, 0.3) is 11.3 Å². The molecule has 0 bridgehead atoms. The summed E-state index contributed by atoms with van der Waals surface area (Å²) < 4.78 is 19.3. The number of aromatic hydroxyl groups is 1. The van der Waals surface area contributed by atoms with Crippen LogP contribution in [0, 0.1) is 5.82 Å². The van der Waals surface area contributed by atoms with Crippen molar-refractivity contribution in [3.8, 4) is 22.8 Å². The minimum absolute atomic E-state index is 0.0188. The van der Waals surface area contributed by atoms with Crippen LogP contribution >= 0.6 is 11.6 Å². The fourth-order valence-corrected chi connectivity index (χ4v) is 3.95. The van der Waals surface area contributed by atoms with Crippen molar-refractivity contribution in [3.63, 3.8) is 0 Å². The summed E-state index contributed by atoms with van der Waals surface area (Å²) in [7, 11) is 0. The number of phenolic OH excluding ortho intramolecular Hbond substituents is 1. The predicted octanol–water partition coefficient (Wildman–Crippen LogP) is 5.85. The Morgan fingerprint density at radius 3 is 2.50 bits per heavy atom. The summed E-state index contributed by atoms with van der Waals surface area (Å²) in [6.07, 6.45) is 2.15. The summed E-state index contributed by atoms with van der Waals surface area (Å²) in [5.41, 5.74) is 6.56. The molecule has 0 amide bonds. The van der Waals surface area contributed by atoms with Gasteiger partial charge in [0.2, 0.25) is 0 Å². The van der Waals surface area contributed by atoms with E-state index in [9.17, 15) is 19.4 Å². The Bertz CT molecular complexity index is 1300. The molecule has 0 spiro atoms. The third-order valence-corrected chi connectivity index (χ3v) is 6.56. The van der Waals surface area contributed by atoms with Gasteiger partial charge in [0.25, 0.3) is 0 Å². The smallest absolute Gasteiger partial charge is 0.163 e. The highest BCUT2D eigenvalue weighted by Gasteiger charge is 2.29. The zero-order valence-corrected chi connectivity index (χ0v) is 21.3. The molecule has 190 valence electrons. The lowest BCUT2D eigenvalue weighted by atomic mass is 9.88. The van der Waals surface area contributed by atoms with Crippen molar-refractivity contribution < 1.29 is 24.1 Å². The van der Waals surface area contributed by atoms with E-state index in [4.69, 9.17) is 22.1 Å². The van der Waals surface area contributed by atoms with E-state index in [1.54, 1.807) is 37.3 Å². The number of rotatable bonds is 9. The summed E-state index contributed by atoms with van der Waals surface area (Å²) in [5.74, 6) is -0.495. The lowest BCUT2D eigenvalue weighted by molar-refractivity contribution is 0.0396. The van der Waals surface area contributed by atoms with Crippen LogP contribution in [0.15, 0.2) is 48.5 Å². The zero-order valence-electron chi connectivity index (χ0n) is 20.5. The van der Waals surface area contributed by atoms with Gasteiger partial charge in [0.15, 0.2) is 17.3 Å².